The highest BCUT2D eigenvalue weighted by Crippen LogP contribution is 2.13. The molecule has 1 aromatic rings. The molecular formula is C10H12N2O2. The molecule has 0 aliphatic heterocycles. The molecule has 1 aromatic carbocycles. The molecule has 4 heteroatoms. The van der Waals surface area contributed by atoms with Gasteiger partial charge in [0.1, 0.15) is 0 Å². The Morgan fingerprint density at radius 2 is 2.29 bits per heavy atom. The van der Waals surface area contributed by atoms with Crippen LogP contribution in [-0.2, 0) is 4.74 Å². The normalized spacial score (nSPS) is 10.4. The summed E-state index contributed by atoms with van der Waals surface area (Å²) in [7, 11) is 0. The van der Waals surface area contributed by atoms with Gasteiger partial charge in [0.05, 0.1) is 12.3 Å². The number of rotatable bonds is 2. The van der Waals surface area contributed by atoms with Crippen LogP contribution in [0.1, 0.15) is 12.5 Å². The van der Waals surface area contributed by atoms with Crippen LogP contribution in [0.4, 0.5) is 10.5 Å². The standard InChI is InChI=1S/C10H12N2O2/c1-3-14-10(13)12-11-9-6-4-5-8(2)7-9/h4-7H,3H2,1-2H3. The fourth-order valence-corrected chi connectivity index (χ4v) is 0.941. The summed E-state index contributed by atoms with van der Waals surface area (Å²) in [4.78, 5) is 10.8. The van der Waals surface area contributed by atoms with Gasteiger partial charge in [-0.25, -0.2) is 4.79 Å². The summed E-state index contributed by atoms with van der Waals surface area (Å²) in [5, 5.41) is 7.13. The Kier molecular flexibility index (Phi) is 3.79. The van der Waals surface area contributed by atoms with Crippen LogP contribution in [-0.4, -0.2) is 12.7 Å². The topological polar surface area (TPSA) is 51.0 Å². The average molecular weight is 192 g/mol. The van der Waals surface area contributed by atoms with Crippen molar-refractivity contribution in [3.8, 4) is 0 Å². The van der Waals surface area contributed by atoms with Crippen LogP contribution in [0.3, 0.4) is 0 Å². The van der Waals surface area contributed by atoms with Gasteiger partial charge in [0, 0.05) is 0 Å². The number of hydrogen-bond acceptors (Lipinski definition) is 3. The first kappa shape index (κ1) is 10.4. The number of carbonyl (C=O) groups excluding carboxylic acids is 1. The van der Waals surface area contributed by atoms with Gasteiger partial charge in [-0.05, 0) is 31.5 Å². The highest BCUT2D eigenvalue weighted by molar-refractivity contribution is 5.67. The molecule has 1 amide bonds. The van der Waals surface area contributed by atoms with Gasteiger partial charge in [-0.15, -0.1) is 5.11 Å². The molecule has 0 saturated carbocycles. The molecule has 74 valence electrons. The minimum absolute atomic E-state index is 0.311. The average Bonchev–Trinajstić information content (AvgIpc) is 2.15. The van der Waals surface area contributed by atoms with Crippen molar-refractivity contribution in [3.63, 3.8) is 0 Å². The number of carbonyl (C=O) groups is 1. The first-order valence-electron chi connectivity index (χ1n) is 4.37. The predicted octanol–water partition coefficient (Wildman–Crippen LogP) is 3.24. The zero-order valence-electron chi connectivity index (χ0n) is 8.23. The number of amides is 1. The molecule has 0 saturated heterocycles. The molecule has 14 heavy (non-hydrogen) atoms. The third-order valence-corrected chi connectivity index (χ3v) is 1.52. The molecule has 0 aliphatic carbocycles. The largest absolute Gasteiger partial charge is 0.452 e. The highest BCUT2D eigenvalue weighted by Gasteiger charge is 1.96. The van der Waals surface area contributed by atoms with Crippen LogP contribution in [0.2, 0.25) is 0 Å². The van der Waals surface area contributed by atoms with Crippen molar-refractivity contribution in [3.05, 3.63) is 29.8 Å². The molecule has 0 heterocycles. The zero-order valence-corrected chi connectivity index (χ0v) is 8.23. The summed E-state index contributed by atoms with van der Waals surface area (Å²) in [5.74, 6) is 0. The van der Waals surface area contributed by atoms with Crippen LogP contribution in [0, 0.1) is 6.92 Å². The van der Waals surface area contributed by atoms with Crippen molar-refractivity contribution >= 4 is 11.8 Å². The monoisotopic (exact) mass is 192 g/mol. The quantitative estimate of drug-likeness (QED) is 0.675. The molecule has 0 aliphatic rings. The maximum absolute atomic E-state index is 10.8. The third-order valence-electron chi connectivity index (χ3n) is 1.52. The van der Waals surface area contributed by atoms with Crippen LogP contribution >= 0.6 is 0 Å². The van der Waals surface area contributed by atoms with E-state index in [9.17, 15) is 4.79 Å². The molecule has 0 atom stereocenters. The van der Waals surface area contributed by atoms with E-state index in [2.05, 4.69) is 15.0 Å². The van der Waals surface area contributed by atoms with E-state index >= 15 is 0 Å². The van der Waals surface area contributed by atoms with E-state index in [1.807, 2.05) is 25.1 Å². The summed E-state index contributed by atoms with van der Waals surface area (Å²) in [6.07, 6.45) is -0.658. The fraction of sp³-hybridized carbons (Fsp3) is 0.300. The van der Waals surface area contributed by atoms with Crippen molar-refractivity contribution in [2.75, 3.05) is 6.61 Å². The molecular weight excluding hydrogens is 180 g/mol. The highest BCUT2D eigenvalue weighted by atomic mass is 16.5. The molecule has 0 radical (unpaired) electrons. The van der Waals surface area contributed by atoms with Gasteiger partial charge >= 0.3 is 6.09 Å². The number of ether oxygens (including phenoxy) is 1. The molecule has 0 unspecified atom stereocenters. The number of azo groups is 1. The second kappa shape index (κ2) is 5.11. The van der Waals surface area contributed by atoms with E-state index in [0.717, 1.165) is 5.56 Å². The van der Waals surface area contributed by atoms with Gasteiger partial charge in [-0.2, -0.15) is 0 Å². The Morgan fingerprint density at radius 3 is 2.93 bits per heavy atom. The number of nitrogens with zero attached hydrogens (tertiary/aromatic N) is 2. The summed E-state index contributed by atoms with van der Waals surface area (Å²) < 4.78 is 4.59. The summed E-state index contributed by atoms with van der Waals surface area (Å²) in [6.45, 7) is 3.98. The van der Waals surface area contributed by atoms with Gasteiger partial charge in [-0.1, -0.05) is 17.2 Å². The maximum Gasteiger partial charge on any atom is 0.452 e. The Bertz CT molecular complexity index is 348. The second-order valence-electron chi connectivity index (χ2n) is 2.74. The first-order valence-corrected chi connectivity index (χ1v) is 4.37. The van der Waals surface area contributed by atoms with E-state index in [1.54, 1.807) is 13.0 Å². The molecule has 0 spiro atoms. The minimum Gasteiger partial charge on any atom is -0.447 e. The van der Waals surface area contributed by atoms with Gasteiger partial charge in [-0.3, -0.25) is 0 Å². The lowest BCUT2D eigenvalue weighted by Crippen LogP contribution is -1.95. The third kappa shape index (κ3) is 3.35. The smallest absolute Gasteiger partial charge is 0.447 e. The van der Waals surface area contributed by atoms with E-state index in [0.29, 0.717) is 12.3 Å². The molecule has 0 N–H and O–H groups in total. The lowest BCUT2D eigenvalue weighted by Gasteiger charge is -1.94. The van der Waals surface area contributed by atoms with Crippen molar-refractivity contribution in [2.45, 2.75) is 13.8 Å². The number of benzene rings is 1. The van der Waals surface area contributed by atoms with Crippen molar-refractivity contribution in [1.82, 2.24) is 0 Å². The molecule has 0 aromatic heterocycles. The predicted molar refractivity (Wildman–Crippen MR) is 52.7 cm³/mol. The zero-order chi connectivity index (χ0) is 10.4. The number of aryl methyl sites for hydroxylation is 1. The Labute approximate surface area is 82.6 Å². The van der Waals surface area contributed by atoms with Gasteiger partial charge in [0.2, 0.25) is 0 Å². The van der Waals surface area contributed by atoms with E-state index < -0.39 is 6.09 Å². The lowest BCUT2D eigenvalue weighted by atomic mass is 10.2. The van der Waals surface area contributed by atoms with Crippen LogP contribution in [0.25, 0.3) is 0 Å². The Morgan fingerprint density at radius 1 is 1.50 bits per heavy atom. The second-order valence-corrected chi connectivity index (χ2v) is 2.74. The van der Waals surface area contributed by atoms with Crippen molar-refractivity contribution in [1.29, 1.82) is 0 Å². The fourth-order valence-electron chi connectivity index (χ4n) is 0.941. The lowest BCUT2D eigenvalue weighted by molar-refractivity contribution is 0.162. The van der Waals surface area contributed by atoms with E-state index in [4.69, 9.17) is 0 Å². The number of hydrogen-bond donors (Lipinski definition) is 0. The van der Waals surface area contributed by atoms with Crippen LogP contribution in [0.5, 0.6) is 0 Å². The van der Waals surface area contributed by atoms with E-state index in [-0.39, 0.29) is 0 Å². The summed E-state index contributed by atoms with van der Waals surface area (Å²) in [6, 6.07) is 7.41. The molecule has 1 rings (SSSR count). The molecule has 4 nitrogen and oxygen atoms in total. The SMILES string of the molecule is CCOC(=O)N=Nc1cccc(C)c1. The van der Waals surface area contributed by atoms with Crippen molar-refractivity contribution < 1.29 is 9.53 Å². The Balaban J connectivity index is 2.64. The van der Waals surface area contributed by atoms with Crippen LogP contribution in [0.15, 0.2) is 34.5 Å². The minimum atomic E-state index is -0.658. The van der Waals surface area contributed by atoms with Crippen molar-refractivity contribution in [2.24, 2.45) is 10.2 Å². The van der Waals surface area contributed by atoms with Crippen LogP contribution < -0.4 is 0 Å². The molecule has 0 bridgehead atoms. The van der Waals surface area contributed by atoms with Gasteiger partial charge in [0.25, 0.3) is 0 Å². The first-order chi connectivity index (χ1) is 6.72. The Hall–Kier alpha value is -1.71. The van der Waals surface area contributed by atoms with Gasteiger partial charge in [0.15, 0.2) is 0 Å². The summed E-state index contributed by atoms with van der Waals surface area (Å²) >= 11 is 0. The summed E-state index contributed by atoms with van der Waals surface area (Å²) in [5.41, 5.74) is 1.73. The molecule has 0 fully saturated rings. The maximum atomic E-state index is 10.8. The van der Waals surface area contributed by atoms with Gasteiger partial charge < -0.3 is 4.74 Å². The van der Waals surface area contributed by atoms with E-state index in [1.165, 1.54) is 0 Å².